The summed E-state index contributed by atoms with van der Waals surface area (Å²) in [5.74, 6) is 2.08. The van der Waals surface area contributed by atoms with Crippen LogP contribution in [0.1, 0.15) is 43.4 Å². The van der Waals surface area contributed by atoms with Gasteiger partial charge in [0, 0.05) is 18.0 Å². The fourth-order valence-corrected chi connectivity index (χ4v) is 2.25. The van der Waals surface area contributed by atoms with Gasteiger partial charge in [0.2, 0.25) is 0 Å². The summed E-state index contributed by atoms with van der Waals surface area (Å²) in [6.07, 6.45) is 2.07. The number of aryl methyl sites for hydroxylation is 1. The molecule has 13 heavy (non-hydrogen) atoms. The summed E-state index contributed by atoms with van der Waals surface area (Å²) in [5, 5.41) is 0. The standard InChI is InChI=1S/C11H17NO/c1-7-4-8-9(12)5-11(2,3)6-10(8)13-7/h4,9H,5-6,12H2,1-3H3/t9-/m0/s1. The van der Waals surface area contributed by atoms with E-state index in [-0.39, 0.29) is 11.5 Å². The van der Waals surface area contributed by atoms with Crippen LogP contribution < -0.4 is 5.73 Å². The quantitative estimate of drug-likeness (QED) is 0.664. The smallest absolute Gasteiger partial charge is 0.109 e. The zero-order chi connectivity index (χ0) is 9.64. The van der Waals surface area contributed by atoms with E-state index >= 15 is 0 Å². The average molecular weight is 179 g/mol. The van der Waals surface area contributed by atoms with E-state index in [4.69, 9.17) is 10.2 Å². The molecule has 0 saturated carbocycles. The van der Waals surface area contributed by atoms with Crippen LogP contribution in [0.25, 0.3) is 0 Å². The average Bonchev–Trinajstić information content (AvgIpc) is 2.27. The number of fused-ring (bicyclic) bond motifs is 1. The van der Waals surface area contributed by atoms with Gasteiger partial charge in [-0.1, -0.05) is 13.8 Å². The fourth-order valence-electron chi connectivity index (χ4n) is 2.25. The third-order valence-corrected chi connectivity index (χ3v) is 2.78. The van der Waals surface area contributed by atoms with Crippen molar-refractivity contribution in [1.29, 1.82) is 0 Å². The maximum Gasteiger partial charge on any atom is 0.109 e. The monoisotopic (exact) mass is 179 g/mol. The van der Waals surface area contributed by atoms with Gasteiger partial charge in [0.1, 0.15) is 11.5 Å². The molecule has 1 aromatic heterocycles. The summed E-state index contributed by atoms with van der Waals surface area (Å²) in [5.41, 5.74) is 7.58. The molecule has 0 aliphatic heterocycles. The molecule has 2 heteroatoms. The van der Waals surface area contributed by atoms with Gasteiger partial charge in [-0.2, -0.15) is 0 Å². The molecule has 0 fully saturated rings. The van der Waals surface area contributed by atoms with E-state index in [2.05, 4.69) is 19.9 Å². The van der Waals surface area contributed by atoms with Crippen LogP contribution in [0.3, 0.4) is 0 Å². The lowest BCUT2D eigenvalue weighted by atomic mass is 9.75. The zero-order valence-electron chi connectivity index (χ0n) is 8.55. The Kier molecular flexibility index (Phi) is 1.77. The van der Waals surface area contributed by atoms with Crippen LogP contribution in [-0.4, -0.2) is 0 Å². The molecule has 0 radical (unpaired) electrons. The third-order valence-electron chi connectivity index (χ3n) is 2.78. The van der Waals surface area contributed by atoms with E-state index in [9.17, 15) is 0 Å². The number of hydrogen-bond donors (Lipinski definition) is 1. The van der Waals surface area contributed by atoms with Crippen molar-refractivity contribution >= 4 is 0 Å². The Morgan fingerprint density at radius 3 is 2.92 bits per heavy atom. The van der Waals surface area contributed by atoms with E-state index in [1.54, 1.807) is 0 Å². The van der Waals surface area contributed by atoms with Gasteiger partial charge in [-0.15, -0.1) is 0 Å². The lowest BCUT2D eigenvalue weighted by molar-refractivity contribution is 0.255. The molecule has 72 valence electrons. The Labute approximate surface area is 79.1 Å². The minimum Gasteiger partial charge on any atom is -0.466 e. The van der Waals surface area contributed by atoms with Crippen molar-refractivity contribution in [2.24, 2.45) is 11.1 Å². The first kappa shape index (κ1) is 8.82. The minimum atomic E-state index is 0.163. The highest BCUT2D eigenvalue weighted by atomic mass is 16.3. The summed E-state index contributed by atoms with van der Waals surface area (Å²) < 4.78 is 5.63. The minimum absolute atomic E-state index is 0.163. The van der Waals surface area contributed by atoms with Gasteiger partial charge >= 0.3 is 0 Å². The molecule has 1 aliphatic carbocycles. The second-order valence-electron chi connectivity index (χ2n) is 4.89. The van der Waals surface area contributed by atoms with Gasteiger partial charge in [-0.05, 0) is 24.8 Å². The molecule has 1 atom stereocenters. The molecule has 0 bridgehead atoms. The molecule has 0 amide bonds. The topological polar surface area (TPSA) is 39.2 Å². The second kappa shape index (κ2) is 2.61. The molecule has 0 saturated heterocycles. The van der Waals surface area contributed by atoms with Crippen molar-refractivity contribution in [2.45, 2.75) is 39.7 Å². The van der Waals surface area contributed by atoms with Gasteiger partial charge < -0.3 is 10.2 Å². The van der Waals surface area contributed by atoms with E-state index in [0.29, 0.717) is 0 Å². The second-order valence-corrected chi connectivity index (χ2v) is 4.89. The van der Waals surface area contributed by atoms with Crippen LogP contribution in [0.2, 0.25) is 0 Å². The number of rotatable bonds is 0. The maximum absolute atomic E-state index is 6.08. The van der Waals surface area contributed by atoms with Crippen molar-refractivity contribution in [1.82, 2.24) is 0 Å². The summed E-state index contributed by atoms with van der Waals surface area (Å²) >= 11 is 0. The summed E-state index contributed by atoms with van der Waals surface area (Å²) in [4.78, 5) is 0. The Hall–Kier alpha value is -0.760. The predicted molar refractivity (Wildman–Crippen MR) is 52.5 cm³/mol. The molecule has 0 aromatic carbocycles. The molecule has 1 heterocycles. The van der Waals surface area contributed by atoms with E-state index in [1.807, 2.05) is 6.92 Å². The Morgan fingerprint density at radius 1 is 1.54 bits per heavy atom. The van der Waals surface area contributed by atoms with Crippen molar-refractivity contribution in [3.05, 3.63) is 23.2 Å². The predicted octanol–water partition coefficient (Wildman–Crippen LogP) is 2.56. The SMILES string of the molecule is Cc1cc2c(o1)CC(C)(C)C[C@@H]2N. The molecular weight excluding hydrogens is 162 g/mol. The molecule has 1 aromatic rings. The molecule has 0 unspecified atom stereocenters. The first-order chi connectivity index (χ1) is 5.98. The van der Waals surface area contributed by atoms with Gasteiger partial charge in [0.15, 0.2) is 0 Å². The van der Waals surface area contributed by atoms with E-state index in [0.717, 1.165) is 24.4 Å². The van der Waals surface area contributed by atoms with Crippen molar-refractivity contribution in [3.63, 3.8) is 0 Å². The van der Waals surface area contributed by atoms with Crippen molar-refractivity contribution in [3.8, 4) is 0 Å². The highest BCUT2D eigenvalue weighted by molar-refractivity contribution is 5.28. The first-order valence-corrected chi connectivity index (χ1v) is 4.83. The van der Waals surface area contributed by atoms with Gasteiger partial charge in [-0.3, -0.25) is 0 Å². The summed E-state index contributed by atoms with van der Waals surface area (Å²) in [6, 6.07) is 2.24. The highest BCUT2D eigenvalue weighted by Crippen LogP contribution is 2.40. The number of furan rings is 1. The normalized spacial score (nSPS) is 25.7. The van der Waals surface area contributed by atoms with Crippen LogP contribution in [0.15, 0.2) is 10.5 Å². The van der Waals surface area contributed by atoms with Crippen molar-refractivity contribution < 1.29 is 4.42 Å². The Bertz CT molecular complexity index is 325. The number of hydrogen-bond acceptors (Lipinski definition) is 2. The van der Waals surface area contributed by atoms with Crippen LogP contribution in [0.5, 0.6) is 0 Å². The third kappa shape index (κ3) is 1.51. The van der Waals surface area contributed by atoms with E-state index < -0.39 is 0 Å². The molecular formula is C11H17NO. The van der Waals surface area contributed by atoms with Crippen LogP contribution in [-0.2, 0) is 6.42 Å². The Morgan fingerprint density at radius 2 is 2.23 bits per heavy atom. The molecule has 2 nitrogen and oxygen atoms in total. The molecule has 1 aliphatic rings. The van der Waals surface area contributed by atoms with Gasteiger partial charge in [-0.25, -0.2) is 0 Å². The first-order valence-electron chi connectivity index (χ1n) is 4.83. The largest absolute Gasteiger partial charge is 0.466 e. The lowest BCUT2D eigenvalue weighted by Gasteiger charge is -2.32. The summed E-state index contributed by atoms with van der Waals surface area (Å²) in [7, 11) is 0. The molecule has 2 rings (SSSR count). The lowest BCUT2D eigenvalue weighted by Crippen LogP contribution is -2.28. The zero-order valence-corrected chi connectivity index (χ0v) is 8.55. The van der Waals surface area contributed by atoms with Gasteiger partial charge in [0.25, 0.3) is 0 Å². The van der Waals surface area contributed by atoms with Crippen LogP contribution in [0, 0.1) is 12.3 Å². The van der Waals surface area contributed by atoms with Gasteiger partial charge in [0.05, 0.1) is 0 Å². The molecule has 0 spiro atoms. The maximum atomic E-state index is 6.08. The summed E-state index contributed by atoms with van der Waals surface area (Å²) in [6.45, 7) is 6.47. The van der Waals surface area contributed by atoms with Crippen LogP contribution >= 0.6 is 0 Å². The Balaban J connectivity index is 2.42. The number of nitrogens with two attached hydrogens (primary N) is 1. The molecule has 2 N–H and O–H groups in total. The highest BCUT2D eigenvalue weighted by Gasteiger charge is 2.32. The fraction of sp³-hybridized carbons (Fsp3) is 0.636. The van der Waals surface area contributed by atoms with E-state index in [1.165, 1.54) is 5.56 Å². The van der Waals surface area contributed by atoms with Crippen LogP contribution in [0.4, 0.5) is 0 Å². The van der Waals surface area contributed by atoms with Crippen molar-refractivity contribution in [2.75, 3.05) is 0 Å².